The number of fused-ring (bicyclic) bond motifs is 3. The zero-order valence-electron chi connectivity index (χ0n) is 17.2. The van der Waals surface area contributed by atoms with Gasteiger partial charge in [-0.1, -0.05) is 48.5 Å². The highest BCUT2D eigenvalue weighted by atomic mass is 32.1. The van der Waals surface area contributed by atoms with E-state index in [9.17, 15) is 14.7 Å². The lowest BCUT2D eigenvalue weighted by Gasteiger charge is -2.20. The molecule has 0 saturated carbocycles. The van der Waals surface area contributed by atoms with Gasteiger partial charge in [-0.05, 0) is 35.1 Å². The van der Waals surface area contributed by atoms with E-state index in [1.165, 1.54) is 11.3 Å². The predicted molar refractivity (Wildman–Crippen MR) is 121 cm³/mol. The van der Waals surface area contributed by atoms with Crippen molar-refractivity contribution >= 4 is 28.5 Å². The number of rotatable bonds is 5. The molecule has 164 valence electrons. The van der Waals surface area contributed by atoms with Gasteiger partial charge in [0.15, 0.2) is 10.8 Å². The number of nitrogens with one attached hydrogen (secondary N) is 1. The van der Waals surface area contributed by atoms with E-state index in [1.54, 1.807) is 0 Å². The number of hydrogen-bond donors (Lipinski definition) is 2. The molecule has 3 aromatic rings. The fraction of sp³-hybridized carbons (Fsp3) is 0.292. The highest BCUT2D eigenvalue weighted by Crippen LogP contribution is 2.44. The first-order valence-electron chi connectivity index (χ1n) is 10.6. The normalized spacial score (nSPS) is 17.4. The van der Waals surface area contributed by atoms with Crippen molar-refractivity contribution in [3.05, 3.63) is 70.2 Å². The number of aromatic nitrogens is 1. The standard InChI is InChI=1S/C24H22N2O5S/c27-22(28)20-21(14-6-5-11-30-12-14)32-23(25-20)26-24(29)31-13-19-17-9-3-1-7-15(17)16-8-2-4-10-18(16)19/h1-4,7-10,14,19H,5-6,11-13H2,(H,27,28)(H,25,26,29). The number of nitrogens with zero attached hydrogens (tertiary/aromatic N) is 1. The lowest BCUT2D eigenvalue weighted by Crippen LogP contribution is -2.18. The fourth-order valence-corrected chi connectivity index (χ4v) is 5.55. The maximum Gasteiger partial charge on any atom is 0.413 e. The van der Waals surface area contributed by atoms with Crippen LogP contribution in [0.3, 0.4) is 0 Å². The predicted octanol–water partition coefficient (Wildman–Crippen LogP) is 5.10. The van der Waals surface area contributed by atoms with Gasteiger partial charge in [-0.15, -0.1) is 11.3 Å². The van der Waals surface area contributed by atoms with E-state index in [0.717, 1.165) is 35.1 Å². The van der Waals surface area contributed by atoms with Gasteiger partial charge in [0.2, 0.25) is 0 Å². The Balaban J connectivity index is 1.29. The van der Waals surface area contributed by atoms with Crippen molar-refractivity contribution in [1.82, 2.24) is 4.98 Å². The number of carboxylic acids is 1. The minimum Gasteiger partial charge on any atom is -0.476 e. The van der Waals surface area contributed by atoms with Gasteiger partial charge in [0, 0.05) is 23.3 Å². The number of carbonyl (C=O) groups is 2. The molecule has 1 unspecified atom stereocenters. The average Bonchev–Trinajstić information content (AvgIpc) is 3.38. The molecule has 1 aliphatic carbocycles. The SMILES string of the molecule is O=C(Nc1nc(C(=O)O)c(C2CCCOC2)s1)OCC1c2ccccc2-c2ccccc21. The molecular weight excluding hydrogens is 428 g/mol. The summed E-state index contributed by atoms with van der Waals surface area (Å²) in [6.07, 6.45) is 1.06. The zero-order valence-corrected chi connectivity index (χ0v) is 18.1. The lowest BCUT2D eigenvalue weighted by atomic mass is 9.98. The van der Waals surface area contributed by atoms with Gasteiger partial charge in [-0.25, -0.2) is 14.6 Å². The highest BCUT2D eigenvalue weighted by Gasteiger charge is 2.30. The molecule has 7 nitrogen and oxygen atoms in total. The first-order valence-corrected chi connectivity index (χ1v) is 11.4. The van der Waals surface area contributed by atoms with Gasteiger partial charge < -0.3 is 14.6 Å². The number of anilines is 1. The maximum atomic E-state index is 12.5. The van der Waals surface area contributed by atoms with Crippen LogP contribution < -0.4 is 5.32 Å². The molecule has 0 spiro atoms. The van der Waals surface area contributed by atoms with Gasteiger partial charge >= 0.3 is 12.1 Å². The summed E-state index contributed by atoms with van der Waals surface area (Å²) in [4.78, 5) is 28.9. The van der Waals surface area contributed by atoms with Crippen LogP contribution in [0.2, 0.25) is 0 Å². The Morgan fingerprint density at radius 1 is 1.12 bits per heavy atom. The Morgan fingerprint density at radius 3 is 2.44 bits per heavy atom. The monoisotopic (exact) mass is 450 g/mol. The van der Waals surface area contributed by atoms with Crippen molar-refractivity contribution in [3.63, 3.8) is 0 Å². The molecule has 1 fully saturated rings. The molecule has 2 N–H and O–H groups in total. The number of thiazole rings is 1. The summed E-state index contributed by atoms with van der Waals surface area (Å²) in [6.45, 7) is 1.33. The van der Waals surface area contributed by atoms with E-state index in [2.05, 4.69) is 34.6 Å². The summed E-state index contributed by atoms with van der Waals surface area (Å²) in [6, 6.07) is 16.2. The van der Waals surface area contributed by atoms with Crippen LogP contribution in [-0.2, 0) is 9.47 Å². The summed E-state index contributed by atoms with van der Waals surface area (Å²) in [5, 5.41) is 12.4. The molecule has 1 saturated heterocycles. The van der Waals surface area contributed by atoms with Crippen LogP contribution in [0, 0.1) is 0 Å². The van der Waals surface area contributed by atoms with Crippen LogP contribution >= 0.6 is 11.3 Å². The van der Waals surface area contributed by atoms with E-state index in [4.69, 9.17) is 9.47 Å². The minimum atomic E-state index is -1.11. The molecular formula is C24H22N2O5S. The minimum absolute atomic E-state index is 0.0228. The summed E-state index contributed by atoms with van der Waals surface area (Å²) >= 11 is 1.17. The number of ether oxygens (including phenoxy) is 2. The van der Waals surface area contributed by atoms with Gasteiger partial charge in [0.25, 0.3) is 0 Å². The molecule has 0 radical (unpaired) electrons. The van der Waals surface area contributed by atoms with Gasteiger partial charge in [0.1, 0.15) is 6.61 Å². The second-order valence-corrected chi connectivity index (χ2v) is 8.93. The van der Waals surface area contributed by atoms with E-state index in [1.807, 2.05) is 24.3 Å². The molecule has 0 bridgehead atoms. The van der Waals surface area contributed by atoms with Gasteiger partial charge in [-0.3, -0.25) is 5.32 Å². The Kier molecular flexibility index (Phi) is 5.63. The Bertz CT molecular complexity index is 1120. The fourth-order valence-electron chi connectivity index (χ4n) is 4.48. The number of benzene rings is 2. The molecule has 32 heavy (non-hydrogen) atoms. The number of carboxylic acid groups (broad SMARTS) is 1. The smallest absolute Gasteiger partial charge is 0.413 e. The quantitative estimate of drug-likeness (QED) is 0.562. The Labute approximate surface area is 189 Å². The molecule has 1 aromatic heterocycles. The average molecular weight is 451 g/mol. The summed E-state index contributed by atoms with van der Waals surface area (Å²) in [7, 11) is 0. The second-order valence-electron chi connectivity index (χ2n) is 7.90. The summed E-state index contributed by atoms with van der Waals surface area (Å²) < 4.78 is 11.0. The van der Waals surface area contributed by atoms with Crippen LogP contribution in [0.4, 0.5) is 9.93 Å². The first-order chi connectivity index (χ1) is 15.6. The number of hydrogen-bond acceptors (Lipinski definition) is 6. The lowest BCUT2D eigenvalue weighted by molar-refractivity contribution is 0.0676. The number of carbonyl (C=O) groups excluding carboxylic acids is 1. The van der Waals surface area contributed by atoms with Crippen molar-refractivity contribution < 1.29 is 24.2 Å². The first kappa shape index (κ1) is 20.7. The number of amides is 1. The van der Waals surface area contributed by atoms with Crippen molar-refractivity contribution in [2.24, 2.45) is 0 Å². The van der Waals surface area contributed by atoms with Crippen LogP contribution in [0.1, 0.15) is 51.2 Å². The van der Waals surface area contributed by atoms with Crippen LogP contribution in [0.25, 0.3) is 11.1 Å². The molecule has 5 rings (SSSR count). The third-order valence-electron chi connectivity index (χ3n) is 5.94. The van der Waals surface area contributed by atoms with Crippen LogP contribution in [-0.4, -0.2) is 42.0 Å². The Hall–Kier alpha value is -3.23. The van der Waals surface area contributed by atoms with Crippen molar-refractivity contribution in [3.8, 4) is 11.1 Å². The molecule has 2 aromatic carbocycles. The molecule has 2 aliphatic rings. The molecule has 1 aliphatic heterocycles. The summed E-state index contributed by atoms with van der Waals surface area (Å²) in [5.74, 6) is -1.18. The third-order valence-corrected chi connectivity index (χ3v) is 7.07. The van der Waals surface area contributed by atoms with Crippen LogP contribution in [0.5, 0.6) is 0 Å². The van der Waals surface area contributed by atoms with E-state index in [-0.39, 0.29) is 29.3 Å². The molecule has 1 atom stereocenters. The van der Waals surface area contributed by atoms with Crippen molar-refractivity contribution in [2.45, 2.75) is 24.7 Å². The van der Waals surface area contributed by atoms with Crippen molar-refractivity contribution in [1.29, 1.82) is 0 Å². The van der Waals surface area contributed by atoms with Crippen LogP contribution in [0.15, 0.2) is 48.5 Å². The van der Waals surface area contributed by atoms with E-state index in [0.29, 0.717) is 18.1 Å². The van der Waals surface area contributed by atoms with E-state index >= 15 is 0 Å². The molecule has 8 heteroatoms. The summed E-state index contributed by atoms with van der Waals surface area (Å²) in [5.41, 5.74) is 4.54. The number of aromatic carboxylic acids is 1. The topological polar surface area (TPSA) is 97.8 Å². The van der Waals surface area contributed by atoms with Crippen molar-refractivity contribution in [2.75, 3.05) is 25.1 Å². The molecule has 2 heterocycles. The highest BCUT2D eigenvalue weighted by molar-refractivity contribution is 7.16. The van der Waals surface area contributed by atoms with E-state index < -0.39 is 12.1 Å². The third kappa shape index (κ3) is 3.87. The maximum absolute atomic E-state index is 12.5. The van der Waals surface area contributed by atoms with Gasteiger partial charge in [0.05, 0.1) is 6.61 Å². The zero-order chi connectivity index (χ0) is 22.1. The molecule has 1 amide bonds. The Morgan fingerprint density at radius 2 is 1.81 bits per heavy atom. The second kappa shape index (κ2) is 8.72. The van der Waals surface area contributed by atoms with Gasteiger partial charge in [-0.2, -0.15) is 0 Å². The largest absolute Gasteiger partial charge is 0.476 e.